The van der Waals surface area contributed by atoms with Crippen LogP contribution in [0.15, 0.2) is 71.7 Å². The van der Waals surface area contributed by atoms with Gasteiger partial charge < -0.3 is 9.88 Å². The number of rotatable bonds is 7. The number of pyridine rings is 1. The van der Waals surface area contributed by atoms with Gasteiger partial charge in [-0.15, -0.1) is 0 Å². The molecule has 0 aliphatic carbocycles. The molecule has 0 spiro atoms. The Morgan fingerprint density at radius 3 is 2.17 bits per heavy atom. The lowest BCUT2D eigenvalue weighted by molar-refractivity contribution is -0.116. The van der Waals surface area contributed by atoms with Gasteiger partial charge in [0, 0.05) is 22.8 Å². The SMILES string of the molecule is CCc1ccc(C(=O)c2cn(CC(=O)Nc3ccc(C)c(C)c3)c3ccc(CC)cc3c2=O)cc1. The molecule has 35 heavy (non-hydrogen) atoms. The minimum Gasteiger partial charge on any atom is -0.337 e. The van der Waals surface area contributed by atoms with Crippen LogP contribution in [0.4, 0.5) is 5.69 Å². The van der Waals surface area contributed by atoms with Crippen molar-refractivity contribution in [3.63, 3.8) is 0 Å². The Kier molecular flexibility index (Phi) is 6.97. The normalized spacial score (nSPS) is 11.0. The highest BCUT2D eigenvalue weighted by Crippen LogP contribution is 2.19. The number of amides is 1. The highest BCUT2D eigenvalue weighted by Gasteiger charge is 2.19. The maximum absolute atomic E-state index is 13.4. The van der Waals surface area contributed by atoms with Gasteiger partial charge in [0.05, 0.1) is 11.1 Å². The van der Waals surface area contributed by atoms with Crippen LogP contribution in [0, 0.1) is 13.8 Å². The molecule has 0 aliphatic heterocycles. The third-order valence-electron chi connectivity index (χ3n) is 6.53. The van der Waals surface area contributed by atoms with Crippen molar-refractivity contribution in [1.82, 2.24) is 4.57 Å². The van der Waals surface area contributed by atoms with Crippen molar-refractivity contribution < 1.29 is 9.59 Å². The van der Waals surface area contributed by atoms with Crippen LogP contribution in [0.25, 0.3) is 10.9 Å². The number of nitrogens with zero attached hydrogens (tertiary/aromatic N) is 1. The quantitative estimate of drug-likeness (QED) is 0.360. The Hall–Kier alpha value is -3.99. The van der Waals surface area contributed by atoms with E-state index in [1.54, 1.807) is 16.7 Å². The molecule has 5 heteroatoms. The van der Waals surface area contributed by atoms with E-state index in [1.807, 2.05) is 76.2 Å². The number of ketones is 1. The maximum Gasteiger partial charge on any atom is 0.244 e. The van der Waals surface area contributed by atoms with Crippen LogP contribution in [0.1, 0.15) is 52.0 Å². The number of hydrogen-bond acceptors (Lipinski definition) is 3. The summed E-state index contributed by atoms with van der Waals surface area (Å²) in [6.45, 7) is 8.06. The zero-order valence-electron chi connectivity index (χ0n) is 20.6. The smallest absolute Gasteiger partial charge is 0.244 e. The number of benzene rings is 3. The summed E-state index contributed by atoms with van der Waals surface area (Å²) >= 11 is 0. The molecule has 1 N–H and O–H groups in total. The second-order valence-corrected chi connectivity index (χ2v) is 8.93. The number of carbonyl (C=O) groups excluding carboxylic acids is 2. The van der Waals surface area contributed by atoms with E-state index < -0.39 is 0 Å². The average molecular weight is 467 g/mol. The van der Waals surface area contributed by atoms with Crippen LogP contribution < -0.4 is 10.7 Å². The van der Waals surface area contributed by atoms with Crippen LogP contribution in [0.2, 0.25) is 0 Å². The Balaban J connectivity index is 1.75. The first kappa shape index (κ1) is 24.1. The molecule has 4 aromatic rings. The zero-order valence-corrected chi connectivity index (χ0v) is 20.6. The molecule has 0 atom stereocenters. The molecule has 1 amide bonds. The Morgan fingerprint density at radius 2 is 1.51 bits per heavy atom. The van der Waals surface area contributed by atoms with E-state index in [4.69, 9.17) is 0 Å². The third kappa shape index (κ3) is 5.09. The summed E-state index contributed by atoms with van der Waals surface area (Å²) < 4.78 is 1.69. The molecule has 1 heterocycles. The van der Waals surface area contributed by atoms with E-state index in [0.29, 0.717) is 22.2 Å². The first-order valence-corrected chi connectivity index (χ1v) is 12.0. The van der Waals surface area contributed by atoms with Gasteiger partial charge in [-0.3, -0.25) is 14.4 Å². The van der Waals surface area contributed by atoms with Crippen LogP contribution >= 0.6 is 0 Å². The Bertz CT molecular complexity index is 1480. The molecule has 178 valence electrons. The number of aryl methyl sites for hydroxylation is 4. The zero-order chi connectivity index (χ0) is 25.1. The molecular formula is C30H30N2O3. The van der Waals surface area contributed by atoms with Gasteiger partial charge >= 0.3 is 0 Å². The van der Waals surface area contributed by atoms with E-state index in [2.05, 4.69) is 5.32 Å². The van der Waals surface area contributed by atoms with Gasteiger partial charge in [0.15, 0.2) is 5.78 Å². The Morgan fingerprint density at radius 1 is 0.829 bits per heavy atom. The molecule has 0 fully saturated rings. The number of fused-ring (bicyclic) bond motifs is 1. The fraction of sp³-hybridized carbons (Fsp3) is 0.233. The highest BCUT2D eigenvalue weighted by molar-refractivity contribution is 6.10. The fourth-order valence-corrected chi connectivity index (χ4v) is 4.18. The van der Waals surface area contributed by atoms with E-state index in [1.165, 1.54) is 6.20 Å². The second-order valence-electron chi connectivity index (χ2n) is 8.93. The number of carbonyl (C=O) groups is 2. The summed E-state index contributed by atoms with van der Waals surface area (Å²) in [5.41, 5.74) is 5.90. The van der Waals surface area contributed by atoms with Crippen LogP contribution in [0.3, 0.4) is 0 Å². The van der Waals surface area contributed by atoms with Gasteiger partial charge in [-0.05, 0) is 73.2 Å². The number of aromatic nitrogens is 1. The highest BCUT2D eigenvalue weighted by atomic mass is 16.2. The fourth-order valence-electron chi connectivity index (χ4n) is 4.18. The molecule has 1 aromatic heterocycles. The van der Waals surface area contributed by atoms with Crippen molar-refractivity contribution in [3.8, 4) is 0 Å². The van der Waals surface area contributed by atoms with E-state index in [-0.39, 0.29) is 29.2 Å². The number of nitrogens with one attached hydrogen (secondary N) is 1. The summed E-state index contributed by atoms with van der Waals surface area (Å²) in [7, 11) is 0. The maximum atomic E-state index is 13.4. The van der Waals surface area contributed by atoms with Crippen LogP contribution in [-0.4, -0.2) is 16.3 Å². The van der Waals surface area contributed by atoms with Gasteiger partial charge in [-0.2, -0.15) is 0 Å². The lowest BCUT2D eigenvalue weighted by Crippen LogP contribution is -2.24. The van der Waals surface area contributed by atoms with Crippen molar-refractivity contribution in [2.45, 2.75) is 47.1 Å². The molecule has 0 unspecified atom stereocenters. The molecular weight excluding hydrogens is 436 g/mol. The minimum atomic E-state index is -0.343. The third-order valence-corrected chi connectivity index (χ3v) is 6.53. The van der Waals surface area contributed by atoms with Gasteiger partial charge in [-0.1, -0.05) is 50.2 Å². The first-order valence-electron chi connectivity index (χ1n) is 12.0. The van der Waals surface area contributed by atoms with Crippen molar-refractivity contribution >= 4 is 28.3 Å². The molecule has 5 nitrogen and oxygen atoms in total. The number of hydrogen-bond donors (Lipinski definition) is 1. The van der Waals surface area contributed by atoms with Gasteiger partial charge in [0.25, 0.3) is 0 Å². The topological polar surface area (TPSA) is 68.2 Å². The lowest BCUT2D eigenvalue weighted by atomic mass is 9.99. The summed E-state index contributed by atoms with van der Waals surface area (Å²) in [5, 5.41) is 3.37. The van der Waals surface area contributed by atoms with Crippen molar-refractivity contribution in [2.24, 2.45) is 0 Å². The summed E-state index contributed by atoms with van der Waals surface area (Å²) in [5.74, 6) is -0.576. The summed E-state index contributed by atoms with van der Waals surface area (Å²) in [6, 6.07) is 18.7. The first-order chi connectivity index (χ1) is 16.8. The number of anilines is 1. The molecule has 0 saturated heterocycles. The van der Waals surface area contributed by atoms with Crippen molar-refractivity contribution in [1.29, 1.82) is 0 Å². The van der Waals surface area contributed by atoms with Crippen molar-refractivity contribution in [2.75, 3.05) is 5.32 Å². The van der Waals surface area contributed by atoms with E-state index >= 15 is 0 Å². The van der Waals surface area contributed by atoms with Gasteiger partial charge in [-0.25, -0.2) is 0 Å². The predicted octanol–water partition coefficient (Wildman–Crippen LogP) is 5.61. The molecule has 3 aromatic carbocycles. The lowest BCUT2D eigenvalue weighted by Gasteiger charge is -2.15. The Labute approximate surface area is 205 Å². The van der Waals surface area contributed by atoms with Crippen LogP contribution in [0.5, 0.6) is 0 Å². The van der Waals surface area contributed by atoms with Crippen molar-refractivity contribution in [3.05, 3.63) is 110 Å². The largest absolute Gasteiger partial charge is 0.337 e. The molecule has 4 rings (SSSR count). The second kappa shape index (κ2) is 10.1. The van der Waals surface area contributed by atoms with Gasteiger partial charge in [0.2, 0.25) is 11.3 Å². The molecule has 0 bridgehead atoms. The monoisotopic (exact) mass is 466 g/mol. The van der Waals surface area contributed by atoms with E-state index in [0.717, 1.165) is 35.1 Å². The predicted molar refractivity (Wildman–Crippen MR) is 141 cm³/mol. The average Bonchev–Trinajstić information content (AvgIpc) is 2.87. The summed E-state index contributed by atoms with van der Waals surface area (Å²) in [4.78, 5) is 39.7. The standard InChI is InChI=1S/C30H30N2O3/c1-5-21-8-11-23(12-9-21)29(34)26-17-32(27-14-10-22(6-2)16-25(27)30(26)35)18-28(33)31-24-13-7-19(3)20(4)15-24/h7-17H,5-6,18H2,1-4H3,(H,31,33). The minimum absolute atomic E-state index is 0.0236. The van der Waals surface area contributed by atoms with Crippen LogP contribution in [-0.2, 0) is 24.2 Å². The molecule has 0 saturated carbocycles. The molecule has 0 aliphatic rings. The van der Waals surface area contributed by atoms with E-state index in [9.17, 15) is 14.4 Å². The molecule has 0 radical (unpaired) electrons. The summed E-state index contributed by atoms with van der Waals surface area (Å²) in [6.07, 6.45) is 3.15. The van der Waals surface area contributed by atoms with Gasteiger partial charge in [0.1, 0.15) is 6.54 Å².